The lowest BCUT2D eigenvalue weighted by Gasteiger charge is -2.04. The van der Waals surface area contributed by atoms with Crippen molar-refractivity contribution in [1.29, 1.82) is 0 Å². The molecule has 10 heavy (non-hydrogen) atoms. The number of aliphatic hydroxyl groups is 1. The first-order chi connectivity index (χ1) is 4.81. The summed E-state index contributed by atoms with van der Waals surface area (Å²) in [5.41, 5.74) is 0. The minimum Gasteiger partial charge on any atom is -0.387 e. The van der Waals surface area contributed by atoms with Crippen molar-refractivity contribution >= 4 is 0 Å². The highest BCUT2D eigenvalue weighted by Gasteiger charge is 1.95. The second-order valence-corrected chi connectivity index (χ2v) is 2.23. The van der Waals surface area contributed by atoms with Gasteiger partial charge >= 0.3 is 0 Å². The van der Waals surface area contributed by atoms with Crippen LogP contribution in [0.15, 0.2) is 12.7 Å². The van der Waals surface area contributed by atoms with Crippen LogP contribution in [-0.4, -0.2) is 24.4 Å². The summed E-state index contributed by atoms with van der Waals surface area (Å²) in [5, 5.41) is 8.91. The van der Waals surface area contributed by atoms with E-state index in [4.69, 9.17) is 9.84 Å². The SMILES string of the molecule is C=C[C@@H](O)COCCCC. The van der Waals surface area contributed by atoms with Crippen molar-refractivity contribution in [3.05, 3.63) is 12.7 Å². The van der Waals surface area contributed by atoms with Gasteiger partial charge in [-0.3, -0.25) is 0 Å². The second kappa shape index (κ2) is 6.78. The number of aliphatic hydroxyl groups excluding tert-OH is 1. The van der Waals surface area contributed by atoms with E-state index in [1.165, 1.54) is 6.08 Å². The van der Waals surface area contributed by atoms with Gasteiger partial charge in [-0.05, 0) is 6.42 Å². The topological polar surface area (TPSA) is 29.5 Å². The Bertz CT molecular complexity index is 81.3. The lowest BCUT2D eigenvalue weighted by atomic mass is 10.3. The van der Waals surface area contributed by atoms with Gasteiger partial charge in [0, 0.05) is 6.61 Å². The molecule has 0 bridgehead atoms. The normalized spacial score (nSPS) is 13.0. The van der Waals surface area contributed by atoms with Crippen molar-refractivity contribution in [3.63, 3.8) is 0 Å². The van der Waals surface area contributed by atoms with Crippen molar-refractivity contribution in [3.8, 4) is 0 Å². The molecule has 1 N–H and O–H groups in total. The number of hydrogen-bond donors (Lipinski definition) is 1. The Morgan fingerprint density at radius 2 is 2.40 bits per heavy atom. The van der Waals surface area contributed by atoms with Gasteiger partial charge in [0.2, 0.25) is 0 Å². The van der Waals surface area contributed by atoms with E-state index in [0.717, 1.165) is 19.4 Å². The third-order valence-electron chi connectivity index (χ3n) is 1.20. The molecule has 0 aliphatic heterocycles. The third-order valence-corrected chi connectivity index (χ3v) is 1.20. The maximum Gasteiger partial charge on any atom is 0.0951 e. The summed E-state index contributed by atoms with van der Waals surface area (Å²) in [6, 6.07) is 0. The van der Waals surface area contributed by atoms with Crippen LogP contribution in [0, 0.1) is 0 Å². The number of unbranched alkanes of at least 4 members (excludes halogenated alkanes) is 1. The minimum absolute atomic E-state index is 0.378. The first kappa shape index (κ1) is 9.66. The Morgan fingerprint density at radius 1 is 1.70 bits per heavy atom. The third kappa shape index (κ3) is 5.79. The molecule has 1 atom stereocenters. The molecule has 60 valence electrons. The van der Waals surface area contributed by atoms with Crippen LogP contribution in [-0.2, 0) is 4.74 Å². The summed E-state index contributed by atoms with van der Waals surface area (Å²) in [5.74, 6) is 0. The number of hydrogen-bond acceptors (Lipinski definition) is 2. The molecule has 0 aromatic rings. The Balaban J connectivity index is 2.95. The smallest absolute Gasteiger partial charge is 0.0951 e. The van der Waals surface area contributed by atoms with Gasteiger partial charge in [0.05, 0.1) is 12.7 Å². The fourth-order valence-corrected chi connectivity index (χ4v) is 0.519. The van der Waals surface area contributed by atoms with Gasteiger partial charge < -0.3 is 9.84 Å². The zero-order chi connectivity index (χ0) is 7.82. The van der Waals surface area contributed by atoms with E-state index < -0.39 is 6.10 Å². The van der Waals surface area contributed by atoms with E-state index >= 15 is 0 Å². The molecule has 2 nitrogen and oxygen atoms in total. The maximum atomic E-state index is 8.91. The Labute approximate surface area is 62.5 Å². The summed E-state index contributed by atoms with van der Waals surface area (Å²) in [6.07, 6.45) is 3.16. The predicted molar refractivity (Wildman–Crippen MR) is 41.9 cm³/mol. The van der Waals surface area contributed by atoms with Crippen molar-refractivity contribution < 1.29 is 9.84 Å². The molecular weight excluding hydrogens is 128 g/mol. The van der Waals surface area contributed by atoms with Gasteiger partial charge in [-0.15, -0.1) is 6.58 Å². The van der Waals surface area contributed by atoms with E-state index in [2.05, 4.69) is 13.5 Å². The van der Waals surface area contributed by atoms with Crippen LogP contribution in [0.2, 0.25) is 0 Å². The first-order valence-electron chi connectivity index (χ1n) is 3.69. The second-order valence-electron chi connectivity index (χ2n) is 2.23. The molecule has 0 heterocycles. The molecule has 2 heteroatoms. The van der Waals surface area contributed by atoms with Gasteiger partial charge in [-0.2, -0.15) is 0 Å². The molecule has 0 amide bonds. The van der Waals surface area contributed by atoms with E-state index in [0.29, 0.717) is 6.61 Å². The van der Waals surface area contributed by atoms with Crippen LogP contribution in [0.25, 0.3) is 0 Å². The van der Waals surface area contributed by atoms with Gasteiger partial charge in [-0.1, -0.05) is 19.4 Å². The van der Waals surface area contributed by atoms with Crippen molar-refractivity contribution in [2.45, 2.75) is 25.9 Å². The molecule has 0 spiro atoms. The van der Waals surface area contributed by atoms with Crippen LogP contribution in [0.5, 0.6) is 0 Å². The molecule has 0 aromatic heterocycles. The van der Waals surface area contributed by atoms with E-state index in [1.54, 1.807) is 0 Å². The Morgan fingerprint density at radius 3 is 2.90 bits per heavy atom. The van der Waals surface area contributed by atoms with E-state index in [9.17, 15) is 0 Å². The number of rotatable bonds is 6. The quantitative estimate of drug-likeness (QED) is 0.450. The van der Waals surface area contributed by atoms with Crippen LogP contribution in [0.1, 0.15) is 19.8 Å². The molecule has 0 aliphatic rings. The zero-order valence-electron chi connectivity index (χ0n) is 6.55. The fourth-order valence-electron chi connectivity index (χ4n) is 0.519. The van der Waals surface area contributed by atoms with Gasteiger partial charge in [0.25, 0.3) is 0 Å². The van der Waals surface area contributed by atoms with Crippen LogP contribution in [0.4, 0.5) is 0 Å². The van der Waals surface area contributed by atoms with Gasteiger partial charge in [-0.25, -0.2) is 0 Å². The standard InChI is InChI=1S/C8H16O2/c1-3-5-6-10-7-8(9)4-2/h4,8-9H,2-3,5-7H2,1H3/t8-/m1/s1. The molecule has 0 fully saturated rings. The highest BCUT2D eigenvalue weighted by atomic mass is 16.5. The lowest BCUT2D eigenvalue weighted by Crippen LogP contribution is -2.12. The van der Waals surface area contributed by atoms with Gasteiger partial charge in [0.1, 0.15) is 0 Å². The molecular formula is C8H16O2. The maximum absolute atomic E-state index is 8.91. The molecule has 0 rings (SSSR count). The summed E-state index contributed by atoms with van der Waals surface area (Å²) in [7, 11) is 0. The summed E-state index contributed by atoms with van der Waals surface area (Å²) in [4.78, 5) is 0. The summed E-state index contributed by atoms with van der Waals surface area (Å²) >= 11 is 0. The molecule has 0 saturated heterocycles. The van der Waals surface area contributed by atoms with E-state index in [1.807, 2.05) is 0 Å². The van der Waals surface area contributed by atoms with Crippen LogP contribution >= 0.6 is 0 Å². The van der Waals surface area contributed by atoms with Crippen molar-refractivity contribution in [2.75, 3.05) is 13.2 Å². The van der Waals surface area contributed by atoms with Crippen LogP contribution in [0.3, 0.4) is 0 Å². The highest BCUT2D eigenvalue weighted by Crippen LogP contribution is 1.90. The van der Waals surface area contributed by atoms with Gasteiger partial charge in [0.15, 0.2) is 0 Å². The minimum atomic E-state index is -0.503. The molecule has 0 aliphatic carbocycles. The summed E-state index contributed by atoms with van der Waals surface area (Å²) in [6.45, 7) is 6.65. The molecule has 0 radical (unpaired) electrons. The largest absolute Gasteiger partial charge is 0.387 e. The van der Waals surface area contributed by atoms with Crippen LogP contribution < -0.4 is 0 Å². The monoisotopic (exact) mass is 144 g/mol. The average Bonchev–Trinajstić information content (AvgIpc) is 1.98. The lowest BCUT2D eigenvalue weighted by molar-refractivity contribution is 0.0584. The van der Waals surface area contributed by atoms with Crippen molar-refractivity contribution in [2.24, 2.45) is 0 Å². The zero-order valence-corrected chi connectivity index (χ0v) is 6.55. The average molecular weight is 144 g/mol. The fraction of sp³-hybridized carbons (Fsp3) is 0.750. The predicted octanol–water partition coefficient (Wildman–Crippen LogP) is 1.35. The first-order valence-corrected chi connectivity index (χ1v) is 3.69. The Hall–Kier alpha value is -0.340. The summed E-state index contributed by atoms with van der Waals surface area (Å²) < 4.78 is 5.11. The number of ether oxygens (including phenoxy) is 1. The molecule has 0 saturated carbocycles. The molecule has 0 unspecified atom stereocenters. The molecule has 0 aromatic carbocycles. The van der Waals surface area contributed by atoms with Crippen molar-refractivity contribution in [1.82, 2.24) is 0 Å². The highest BCUT2D eigenvalue weighted by molar-refractivity contribution is 4.76. The van der Waals surface area contributed by atoms with E-state index in [-0.39, 0.29) is 0 Å². The Kier molecular flexibility index (Phi) is 6.55.